The summed E-state index contributed by atoms with van der Waals surface area (Å²) in [6.07, 6.45) is 3.08. The molecule has 1 aromatic carbocycles. The molecule has 0 spiro atoms. The fraction of sp³-hybridized carbons (Fsp3) is 0.150. The molecule has 0 saturated carbocycles. The Bertz CT molecular complexity index is 949. The van der Waals surface area contributed by atoms with Crippen LogP contribution in [0.25, 0.3) is 11.3 Å². The number of aromatic carboxylic acids is 1. The van der Waals surface area contributed by atoms with Crippen molar-refractivity contribution in [1.29, 1.82) is 0 Å². The molecule has 0 fully saturated rings. The second-order valence-electron chi connectivity index (χ2n) is 5.69. The number of halogens is 2. The number of rotatable bonds is 2. The molecule has 0 aliphatic carbocycles. The van der Waals surface area contributed by atoms with Crippen LogP contribution in [0.4, 0.5) is 8.78 Å². The summed E-state index contributed by atoms with van der Waals surface area (Å²) in [6.45, 7) is 5.12. The Hall–Kier alpha value is -2.50. The third kappa shape index (κ3) is 6.01. The van der Waals surface area contributed by atoms with Gasteiger partial charge >= 0.3 is 5.97 Å². The first kappa shape index (κ1) is 22.5. The molecule has 143 valence electrons. The molecular weight excluding hydrogens is 530 g/mol. The van der Waals surface area contributed by atoms with Gasteiger partial charge in [0.15, 0.2) is 0 Å². The van der Waals surface area contributed by atoms with Gasteiger partial charge < -0.3 is 10.1 Å². The van der Waals surface area contributed by atoms with Gasteiger partial charge in [0.05, 0.1) is 0 Å². The van der Waals surface area contributed by atoms with E-state index in [2.05, 4.69) is 16.0 Å². The summed E-state index contributed by atoms with van der Waals surface area (Å²) in [7, 11) is 0. The van der Waals surface area contributed by atoms with Gasteiger partial charge in [-0.1, -0.05) is 29.7 Å². The summed E-state index contributed by atoms with van der Waals surface area (Å²) in [5, 5.41) is 8.45. The molecule has 0 unspecified atom stereocenters. The minimum Gasteiger partial charge on any atom is -0.477 e. The zero-order chi connectivity index (χ0) is 19.3. The second kappa shape index (κ2) is 9.99. The number of aromatic nitrogens is 2. The van der Waals surface area contributed by atoms with Crippen molar-refractivity contribution in [2.24, 2.45) is 0 Å². The molecule has 0 bridgehead atoms. The fourth-order valence-corrected chi connectivity index (χ4v) is 2.11. The number of hydrogen-bond donors (Lipinski definition) is 1. The molecular formula is C20H17F2IrN2O2-. The van der Waals surface area contributed by atoms with Crippen LogP contribution >= 0.6 is 0 Å². The van der Waals surface area contributed by atoms with E-state index < -0.39 is 17.6 Å². The molecule has 2 aromatic heterocycles. The number of carboxylic acid groups (broad SMARTS) is 1. The van der Waals surface area contributed by atoms with Crippen LogP contribution < -0.4 is 0 Å². The van der Waals surface area contributed by atoms with Crippen LogP contribution in [0.5, 0.6) is 0 Å². The van der Waals surface area contributed by atoms with Crippen molar-refractivity contribution in [3.8, 4) is 11.3 Å². The molecule has 27 heavy (non-hydrogen) atoms. The van der Waals surface area contributed by atoms with Crippen LogP contribution in [0.15, 0.2) is 42.7 Å². The van der Waals surface area contributed by atoms with Crippen LogP contribution in [0, 0.1) is 38.5 Å². The quantitative estimate of drug-likeness (QED) is 0.479. The Morgan fingerprint density at radius 3 is 2.15 bits per heavy atom. The average molecular weight is 548 g/mol. The van der Waals surface area contributed by atoms with Gasteiger partial charge in [-0.2, -0.15) is 0 Å². The molecule has 1 radical (unpaired) electrons. The van der Waals surface area contributed by atoms with Gasteiger partial charge in [-0.25, -0.2) is 9.78 Å². The monoisotopic (exact) mass is 548 g/mol. The van der Waals surface area contributed by atoms with E-state index in [4.69, 9.17) is 5.11 Å². The van der Waals surface area contributed by atoms with Crippen LogP contribution in [0.2, 0.25) is 0 Å². The van der Waals surface area contributed by atoms with Crippen LogP contribution in [-0.2, 0) is 20.1 Å². The van der Waals surface area contributed by atoms with Gasteiger partial charge in [0.25, 0.3) is 0 Å². The zero-order valence-electron chi connectivity index (χ0n) is 14.9. The van der Waals surface area contributed by atoms with E-state index in [1.807, 2.05) is 19.9 Å². The molecule has 4 nitrogen and oxygen atoms in total. The van der Waals surface area contributed by atoms with Gasteiger partial charge in [-0.05, 0) is 43.3 Å². The van der Waals surface area contributed by atoms with Crippen molar-refractivity contribution in [3.63, 3.8) is 0 Å². The number of nitrogens with zero attached hydrogens (tertiary/aromatic N) is 2. The van der Waals surface area contributed by atoms with E-state index in [-0.39, 0.29) is 36.9 Å². The largest absolute Gasteiger partial charge is 0.477 e. The molecule has 0 atom stereocenters. The maximum Gasteiger partial charge on any atom is 0.354 e. The van der Waals surface area contributed by atoms with E-state index in [1.54, 1.807) is 18.3 Å². The summed E-state index contributed by atoms with van der Waals surface area (Å²) in [6, 6.07) is 10.6. The number of carboxylic acids is 1. The summed E-state index contributed by atoms with van der Waals surface area (Å²) in [5.74, 6) is -2.17. The molecule has 2 heterocycles. The van der Waals surface area contributed by atoms with Gasteiger partial charge in [-0.15, -0.1) is 12.1 Å². The first-order valence-electron chi connectivity index (χ1n) is 7.75. The number of carbonyl (C=O) groups is 1. The van der Waals surface area contributed by atoms with Gasteiger partial charge in [0.2, 0.25) is 0 Å². The Labute approximate surface area is 169 Å². The Morgan fingerprint density at radius 2 is 1.63 bits per heavy atom. The molecule has 0 amide bonds. The third-order valence-corrected chi connectivity index (χ3v) is 3.56. The van der Waals surface area contributed by atoms with E-state index in [0.29, 0.717) is 5.69 Å². The smallest absolute Gasteiger partial charge is 0.354 e. The maximum atomic E-state index is 13.8. The van der Waals surface area contributed by atoms with Crippen molar-refractivity contribution in [2.45, 2.75) is 20.8 Å². The Balaban J connectivity index is 0.000000288. The average Bonchev–Trinajstić information content (AvgIpc) is 2.60. The molecule has 3 rings (SSSR count). The summed E-state index contributed by atoms with van der Waals surface area (Å²) in [4.78, 5) is 18.0. The van der Waals surface area contributed by atoms with Crippen molar-refractivity contribution in [1.82, 2.24) is 9.97 Å². The SMILES string of the molecule is Cc1ccnc(-c2[c-]cc(F)c(C)c2F)c1.Cc1ccnc(C(=O)O)c1.[Ir]. The normalized spacial score (nSPS) is 9.67. The minimum atomic E-state index is -0.983. The molecule has 0 aliphatic rings. The van der Waals surface area contributed by atoms with Crippen molar-refractivity contribution in [3.05, 3.63) is 82.8 Å². The topological polar surface area (TPSA) is 63.1 Å². The Kier molecular flexibility index (Phi) is 8.34. The van der Waals surface area contributed by atoms with Crippen molar-refractivity contribution < 1.29 is 38.8 Å². The molecule has 0 saturated heterocycles. The number of benzene rings is 1. The second-order valence-corrected chi connectivity index (χ2v) is 5.69. The first-order chi connectivity index (χ1) is 12.3. The van der Waals surface area contributed by atoms with Crippen molar-refractivity contribution in [2.75, 3.05) is 0 Å². The van der Waals surface area contributed by atoms with Crippen LogP contribution in [-0.4, -0.2) is 21.0 Å². The fourth-order valence-electron chi connectivity index (χ4n) is 2.11. The van der Waals surface area contributed by atoms with Crippen LogP contribution in [0.1, 0.15) is 27.2 Å². The molecule has 1 N–H and O–H groups in total. The third-order valence-electron chi connectivity index (χ3n) is 3.56. The minimum absolute atomic E-state index is 0. The first-order valence-corrected chi connectivity index (χ1v) is 7.75. The zero-order valence-corrected chi connectivity index (χ0v) is 17.3. The summed E-state index contributed by atoms with van der Waals surface area (Å²) >= 11 is 0. The van der Waals surface area contributed by atoms with Gasteiger partial charge in [-0.3, -0.25) is 8.78 Å². The van der Waals surface area contributed by atoms with E-state index in [9.17, 15) is 13.6 Å². The van der Waals surface area contributed by atoms with E-state index >= 15 is 0 Å². The molecule has 3 aromatic rings. The summed E-state index contributed by atoms with van der Waals surface area (Å²) < 4.78 is 26.8. The van der Waals surface area contributed by atoms with Crippen molar-refractivity contribution >= 4 is 5.97 Å². The van der Waals surface area contributed by atoms with E-state index in [0.717, 1.165) is 17.2 Å². The number of pyridine rings is 2. The van der Waals surface area contributed by atoms with Gasteiger partial charge in [0.1, 0.15) is 5.69 Å². The number of hydrogen-bond acceptors (Lipinski definition) is 3. The predicted molar refractivity (Wildman–Crippen MR) is 93.8 cm³/mol. The van der Waals surface area contributed by atoms with Crippen LogP contribution in [0.3, 0.4) is 0 Å². The molecule has 0 aliphatic heterocycles. The summed E-state index contributed by atoms with van der Waals surface area (Å²) in [5.41, 5.74) is 2.66. The standard InChI is InChI=1S/C13H10F2N.C7H7NO2.Ir/c1-8-5-6-16-12(7-8)10-3-4-11(14)9(2)13(10)15;1-5-2-3-8-6(4-5)7(9)10;/h4-7H,1-2H3;2-4H,1H3,(H,9,10);/q-1;;. The predicted octanol–water partition coefficient (Wildman–Crippen LogP) is 4.53. The van der Waals surface area contributed by atoms with Gasteiger partial charge in [0, 0.05) is 44.1 Å². The Morgan fingerprint density at radius 1 is 1.04 bits per heavy atom. The maximum absolute atomic E-state index is 13.8. The number of aryl methyl sites for hydroxylation is 2. The van der Waals surface area contributed by atoms with E-state index in [1.165, 1.54) is 19.2 Å². The molecule has 7 heteroatoms.